The second-order valence-electron chi connectivity index (χ2n) is 4.15. The summed E-state index contributed by atoms with van der Waals surface area (Å²) in [6.45, 7) is 0.412. The summed E-state index contributed by atoms with van der Waals surface area (Å²) in [5.41, 5.74) is 0.503. The average molecular weight is 316 g/mol. The number of hydrogen-bond acceptors (Lipinski definition) is 5. The van der Waals surface area contributed by atoms with E-state index < -0.39 is 11.6 Å². The Kier molecular flexibility index (Phi) is 5.01. The highest BCUT2D eigenvalue weighted by molar-refractivity contribution is 6.45. The SMILES string of the molecule is N#CC(=NO)C(=O)N=c1ccccn1Cc1ccc(Cl)nc1. The average Bonchev–Trinajstić information content (AvgIpc) is 2.52. The molecule has 0 unspecified atom stereocenters. The molecule has 0 aromatic carbocycles. The molecular formula is C14H10ClN5O2. The first-order chi connectivity index (χ1) is 10.6. The fraction of sp³-hybridized carbons (Fsp3) is 0.0714. The van der Waals surface area contributed by atoms with Crippen LogP contribution in [0.4, 0.5) is 0 Å². The maximum atomic E-state index is 11.7. The molecule has 7 nitrogen and oxygen atoms in total. The number of rotatable bonds is 3. The zero-order chi connectivity index (χ0) is 15.9. The molecule has 110 valence electrons. The van der Waals surface area contributed by atoms with Gasteiger partial charge in [0.2, 0.25) is 5.71 Å². The van der Waals surface area contributed by atoms with Crippen molar-refractivity contribution >= 4 is 23.2 Å². The third-order valence-electron chi connectivity index (χ3n) is 2.68. The van der Waals surface area contributed by atoms with Gasteiger partial charge in [-0.25, -0.2) is 4.98 Å². The van der Waals surface area contributed by atoms with Crippen molar-refractivity contribution in [2.24, 2.45) is 10.1 Å². The molecule has 2 aromatic rings. The van der Waals surface area contributed by atoms with Crippen LogP contribution in [0, 0.1) is 11.3 Å². The van der Waals surface area contributed by atoms with Crippen LogP contribution in [0.15, 0.2) is 52.9 Å². The van der Waals surface area contributed by atoms with Crippen LogP contribution in [0.2, 0.25) is 5.15 Å². The maximum Gasteiger partial charge on any atom is 0.311 e. The summed E-state index contributed by atoms with van der Waals surface area (Å²) in [5, 5.41) is 20.2. The predicted molar refractivity (Wildman–Crippen MR) is 78.2 cm³/mol. The van der Waals surface area contributed by atoms with Gasteiger partial charge in [-0.05, 0) is 23.8 Å². The summed E-state index contributed by atoms with van der Waals surface area (Å²) in [6, 6.07) is 10.0. The van der Waals surface area contributed by atoms with Crippen LogP contribution in [-0.4, -0.2) is 26.4 Å². The topological polar surface area (TPSA) is 104 Å². The number of hydrogen-bond donors (Lipinski definition) is 1. The third kappa shape index (κ3) is 3.77. The number of carbonyl (C=O) groups excluding carboxylic acids is 1. The predicted octanol–water partition coefficient (Wildman–Crippen LogP) is 1.37. The first kappa shape index (κ1) is 15.4. The molecule has 2 rings (SSSR count). The number of amides is 1. The third-order valence-corrected chi connectivity index (χ3v) is 2.91. The van der Waals surface area contributed by atoms with E-state index >= 15 is 0 Å². The molecule has 0 radical (unpaired) electrons. The molecule has 0 aliphatic heterocycles. The van der Waals surface area contributed by atoms with E-state index in [1.807, 2.05) is 0 Å². The molecule has 0 atom stereocenters. The van der Waals surface area contributed by atoms with E-state index in [1.165, 1.54) is 6.07 Å². The van der Waals surface area contributed by atoms with E-state index in [0.29, 0.717) is 17.2 Å². The van der Waals surface area contributed by atoms with Crippen LogP contribution < -0.4 is 5.49 Å². The van der Waals surface area contributed by atoms with Crippen molar-refractivity contribution in [1.29, 1.82) is 5.26 Å². The minimum atomic E-state index is -0.917. The Labute approximate surface area is 130 Å². The van der Waals surface area contributed by atoms with Gasteiger partial charge in [0, 0.05) is 12.4 Å². The van der Waals surface area contributed by atoms with Crippen LogP contribution in [0.25, 0.3) is 0 Å². The van der Waals surface area contributed by atoms with Gasteiger partial charge in [0.05, 0.1) is 6.54 Å². The normalized spacial score (nSPS) is 12.0. The highest BCUT2D eigenvalue weighted by Gasteiger charge is 2.10. The summed E-state index contributed by atoms with van der Waals surface area (Å²) in [6.07, 6.45) is 3.34. The van der Waals surface area contributed by atoms with Crippen LogP contribution in [0.3, 0.4) is 0 Å². The summed E-state index contributed by atoms with van der Waals surface area (Å²) in [4.78, 5) is 19.5. The largest absolute Gasteiger partial charge is 0.410 e. The number of nitriles is 1. The molecule has 0 fully saturated rings. The van der Waals surface area contributed by atoms with Gasteiger partial charge < -0.3 is 9.77 Å². The molecule has 0 spiro atoms. The van der Waals surface area contributed by atoms with Gasteiger partial charge in [-0.1, -0.05) is 28.9 Å². The lowest BCUT2D eigenvalue weighted by atomic mass is 10.3. The van der Waals surface area contributed by atoms with Crippen molar-refractivity contribution in [2.75, 3.05) is 0 Å². The van der Waals surface area contributed by atoms with Crippen molar-refractivity contribution < 1.29 is 10.0 Å². The lowest BCUT2D eigenvalue weighted by Gasteiger charge is -2.06. The number of carbonyl (C=O) groups is 1. The monoisotopic (exact) mass is 315 g/mol. The van der Waals surface area contributed by atoms with E-state index in [9.17, 15) is 4.79 Å². The number of nitrogens with zero attached hydrogens (tertiary/aromatic N) is 5. The molecular weight excluding hydrogens is 306 g/mol. The smallest absolute Gasteiger partial charge is 0.311 e. The molecule has 2 heterocycles. The van der Waals surface area contributed by atoms with Gasteiger partial charge in [0.15, 0.2) is 0 Å². The molecule has 2 aromatic heterocycles. The second-order valence-corrected chi connectivity index (χ2v) is 4.54. The van der Waals surface area contributed by atoms with Crippen molar-refractivity contribution in [3.8, 4) is 6.07 Å². The van der Waals surface area contributed by atoms with Crippen molar-refractivity contribution in [1.82, 2.24) is 9.55 Å². The van der Waals surface area contributed by atoms with Crippen LogP contribution in [-0.2, 0) is 11.3 Å². The van der Waals surface area contributed by atoms with E-state index in [-0.39, 0.29) is 0 Å². The summed E-state index contributed by atoms with van der Waals surface area (Å²) >= 11 is 5.73. The first-order valence-electron chi connectivity index (χ1n) is 6.11. The lowest BCUT2D eigenvalue weighted by molar-refractivity contribution is -0.112. The minimum absolute atomic E-state index is 0.318. The van der Waals surface area contributed by atoms with Crippen molar-refractivity contribution in [3.63, 3.8) is 0 Å². The highest BCUT2D eigenvalue weighted by atomic mass is 35.5. The van der Waals surface area contributed by atoms with Gasteiger partial charge in [-0.3, -0.25) is 4.79 Å². The molecule has 0 saturated carbocycles. The number of aromatic nitrogens is 2. The van der Waals surface area contributed by atoms with Gasteiger partial charge in [-0.2, -0.15) is 10.3 Å². The number of halogens is 1. The fourth-order valence-electron chi connectivity index (χ4n) is 1.67. The van der Waals surface area contributed by atoms with E-state index in [2.05, 4.69) is 15.1 Å². The Bertz CT molecular complexity index is 818. The first-order valence-corrected chi connectivity index (χ1v) is 6.49. The molecule has 1 amide bonds. The Morgan fingerprint density at radius 2 is 2.23 bits per heavy atom. The Morgan fingerprint density at radius 1 is 1.41 bits per heavy atom. The zero-order valence-electron chi connectivity index (χ0n) is 11.2. The molecule has 0 bridgehead atoms. The molecule has 0 aliphatic rings. The van der Waals surface area contributed by atoms with Crippen LogP contribution in [0.5, 0.6) is 0 Å². The van der Waals surface area contributed by atoms with E-state index in [4.69, 9.17) is 22.1 Å². The zero-order valence-corrected chi connectivity index (χ0v) is 12.0. The summed E-state index contributed by atoms with van der Waals surface area (Å²) in [5.74, 6) is -0.917. The Morgan fingerprint density at radius 3 is 2.86 bits per heavy atom. The van der Waals surface area contributed by atoms with Crippen LogP contribution >= 0.6 is 11.6 Å². The highest BCUT2D eigenvalue weighted by Crippen LogP contribution is 2.06. The quantitative estimate of drug-likeness (QED) is 0.400. The van der Waals surface area contributed by atoms with Crippen molar-refractivity contribution in [3.05, 3.63) is 58.9 Å². The molecule has 0 aliphatic carbocycles. The summed E-state index contributed by atoms with van der Waals surface area (Å²) in [7, 11) is 0. The maximum absolute atomic E-state index is 11.7. The van der Waals surface area contributed by atoms with Gasteiger partial charge >= 0.3 is 5.91 Å². The fourth-order valence-corrected chi connectivity index (χ4v) is 1.78. The Hall–Kier alpha value is -2.98. The molecule has 0 saturated heterocycles. The number of oxime groups is 1. The van der Waals surface area contributed by atoms with Crippen molar-refractivity contribution in [2.45, 2.75) is 6.54 Å². The number of pyridine rings is 2. The Balaban J connectivity index is 2.37. The van der Waals surface area contributed by atoms with Crippen LogP contribution in [0.1, 0.15) is 5.56 Å². The van der Waals surface area contributed by atoms with E-state index in [0.717, 1.165) is 5.56 Å². The van der Waals surface area contributed by atoms with Gasteiger partial charge in [0.1, 0.15) is 16.7 Å². The molecule has 1 N–H and O–H groups in total. The molecule has 8 heteroatoms. The molecule has 22 heavy (non-hydrogen) atoms. The lowest BCUT2D eigenvalue weighted by Crippen LogP contribution is -2.24. The minimum Gasteiger partial charge on any atom is -0.410 e. The van der Waals surface area contributed by atoms with E-state index in [1.54, 1.807) is 47.3 Å². The second kappa shape index (κ2) is 7.15. The van der Waals surface area contributed by atoms with Gasteiger partial charge in [0.25, 0.3) is 0 Å². The van der Waals surface area contributed by atoms with Gasteiger partial charge in [-0.15, -0.1) is 0 Å². The standard InChI is InChI=1S/C14H10ClN5O2/c15-12-5-4-10(8-17-12)9-20-6-2-1-3-13(20)18-14(21)11(7-16)19-22/h1-6,8,22H,9H2. The summed E-state index contributed by atoms with van der Waals surface area (Å²) < 4.78 is 1.69.